The summed E-state index contributed by atoms with van der Waals surface area (Å²) in [5, 5.41) is 4.09. The first kappa shape index (κ1) is 15.8. The SMILES string of the molecule is COc1ncccc1-c1cc(F)cc(C#Cc2ccn3nccc3n2)c1. The third-order valence-corrected chi connectivity index (χ3v) is 3.77. The van der Waals surface area contributed by atoms with E-state index in [1.165, 1.54) is 19.2 Å². The van der Waals surface area contributed by atoms with E-state index in [4.69, 9.17) is 4.74 Å². The summed E-state index contributed by atoms with van der Waals surface area (Å²) in [5.41, 5.74) is 3.19. The predicted molar refractivity (Wildman–Crippen MR) is 95.2 cm³/mol. The summed E-state index contributed by atoms with van der Waals surface area (Å²) in [6.45, 7) is 0. The van der Waals surface area contributed by atoms with E-state index in [2.05, 4.69) is 26.9 Å². The normalized spacial score (nSPS) is 10.4. The molecule has 0 N–H and O–H groups in total. The Labute approximate surface area is 149 Å². The van der Waals surface area contributed by atoms with Gasteiger partial charge in [-0.25, -0.2) is 18.9 Å². The van der Waals surface area contributed by atoms with Crippen LogP contribution in [0.5, 0.6) is 5.88 Å². The minimum atomic E-state index is -0.378. The van der Waals surface area contributed by atoms with Crippen LogP contribution in [-0.2, 0) is 0 Å². The minimum absolute atomic E-state index is 0.378. The number of aromatic nitrogens is 4. The second-order valence-electron chi connectivity index (χ2n) is 5.49. The van der Waals surface area contributed by atoms with Crippen LogP contribution in [0.15, 0.2) is 61.1 Å². The van der Waals surface area contributed by atoms with Crippen LogP contribution in [0.4, 0.5) is 4.39 Å². The summed E-state index contributed by atoms with van der Waals surface area (Å²) in [6, 6.07) is 11.8. The molecule has 6 heteroatoms. The third-order valence-electron chi connectivity index (χ3n) is 3.77. The smallest absolute Gasteiger partial charge is 0.221 e. The molecule has 1 aromatic carbocycles. The van der Waals surface area contributed by atoms with Crippen molar-refractivity contribution in [2.45, 2.75) is 0 Å². The highest BCUT2D eigenvalue weighted by molar-refractivity contribution is 5.70. The lowest BCUT2D eigenvalue weighted by Gasteiger charge is -2.07. The van der Waals surface area contributed by atoms with E-state index in [0.29, 0.717) is 33.9 Å². The summed E-state index contributed by atoms with van der Waals surface area (Å²) in [6.07, 6.45) is 5.07. The molecule has 0 aliphatic rings. The summed E-state index contributed by atoms with van der Waals surface area (Å²) in [5.74, 6) is 5.98. The maximum atomic E-state index is 14.1. The highest BCUT2D eigenvalue weighted by Crippen LogP contribution is 2.28. The molecule has 0 atom stereocenters. The predicted octanol–water partition coefficient (Wildman–Crippen LogP) is 3.34. The fraction of sp³-hybridized carbons (Fsp3) is 0.0500. The summed E-state index contributed by atoms with van der Waals surface area (Å²) in [7, 11) is 1.53. The molecule has 3 aromatic heterocycles. The highest BCUT2D eigenvalue weighted by atomic mass is 19.1. The van der Waals surface area contributed by atoms with Gasteiger partial charge in [0.1, 0.15) is 11.5 Å². The van der Waals surface area contributed by atoms with Crippen LogP contribution in [-0.4, -0.2) is 26.7 Å². The standard InChI is InChI=1S/C20H13FN4O/c1-26-20-18(3-2-8-22-20)15-11-14(12-16(21)13-15)4-5-17-7-10-25-19(24-17)6-9-23-25/h2-3,6-13H,1H3. The van der Waals surface area contributed by atoms with Gasteiger partial charge < -0.3 is 4.74 Å². The molecule has 0 aliphatic heterocycles. The molecule has 5 nitrogen and oxygen atoms in total. The fourth-order valence-electron chi connectivity index (χ4n) is 2.61. The summed E-state index contributed by atoms with van der Waals surface area (Å²) in [4.78, 5) is 8.54. The fourth-order valence-corrected chi connectivity index (χ4v) is 2.61. The quantitative estimate of drug-likeness (QED) is 0.524. The van der Waals surface area contributed by atoms with Gasteiger partial charge in [-0.2, -0.15) is 5.10 Å². The van der Waals surface area contributed by atoms with Crippen molar-refractivity contribution in [3.8, 4) is 28.8 Å². The van der Waals surface area contributed by atoms with Crippen molar-refractivity contribution in [1.82, 2.24) is 19.6 Å². The Bertz CT molecular complexity index is 1160. The van der Waals surface area contributed by atoms with E-state index < -0.39 is 0 Å². The minimum Gasteiger partial charge on any atom is -0.481 e. The lowest BCUT2D eigenvalue weighted by molar-refractivity contribution is 0.399. The number of benzene rings is 1. The zero-order valence-electron chi connectivity index (χ0n) is 13.8. The molecule has 0 saturated heterocycles. The first-order valence-corrected chi connectivity index (χ1v) is 7.85. The summed E-state index contributed by atoms with van der Waals surface area (Å²) < 4.78 is 21.0. The molecule has 4 rings (SSSR count). The first-order chi connectivity index (χ1) is 12.7. The van der Waals surface area contributed by atoms with Gasteiger partial charge in [0.25, 0.3) is 0 Å². The topological polar surface area (TPSA) is 52.3 Å². The van der Waals surface area contributed by atoms with Crippen LogP contribution >= 0.6 is 0 Å². The molecule has 0 unspecified atom stereocenters. The molecular weight excluding hydrogens is 331 g/mol. The van der Waals surface area contributed by atoms with E-state index in [0.717, 1.165) is 0 Å². The number of nitrogens with zero attached hydrogens (tertiary/aromatic N) is 4. The molecule has 3 heterocycles. The number of pyridine rings is 1. The van der Waals surface area contributed by atoms with Gasteiger partial charge in [-0.15, -0.1) is 0 Å². The average Bonchev–Trinajstić information content (AvgIpc) is 3.13. The van der Waals surface area contributed by atoms with Crippen molar-refractivity contribution < 1.29 is 9.13 Å². The average molecular weight is 344 g/mol. The lowest BCUT2D eigenvalue weighted by atomic mass is 10.0. The number of rotatable bonds is 2. The third kappa shape index (κ3) is 3.10. The molecule has 0 saturated carbocycles. The molecule has 0 bridgehead atoms. The monoisotopic (exact) mass is 344 g/mol. The zero-order chi connectivity index (χ0) is 17.9. The second-order valence-corrected chi connectivity index (χ2v) is 5.49. The Hall–Kier alpha value is -3.72. The Morgan fingerprint density at radius 2 is 2.00 bits per heavy atom. The highest BCUT2D eigenvalue weighted by Gasteiger charge is 2.08. The molecule has 0 amide bonds. The van der Waals surface area contributed by atoms with Crippen molar-refractivity contribution in [2.24, 2.45) is 0 Å². The molecule has 0 aliphatic carbocycles. The second kappa shape index (κ2) is 6.65. The molecular formula is C20H13FN4O. The number of methoxy groups -OCH3 is 1. The maximum absolute atomic E-state index is 14.1. The Morgan fingerprint density at radius 3 is 2.88 bits per heavy atom. The van der Waals surface area contributed by atoms with E-state index in [-0.39, 0.29) is 5.82 Å². The van der Waals surface area contributed by atoms with E-state index in [1.807, 2.05) is 6.07 Å². The van der Waals surface area contributed by atoms with Gasteiger partial charge in [0.15, 0.2) is 5.65 Å². The number of hydrogen-bond donors (Lipinski definition) is 0. The van der Waals surface area contributed by atoms with Crippen LogP contribution in [0.25, 0.3) is 16.8 Å². The number of halogens is 1. The molecule has 0 fully saturated rings. The van der Waals surface area contributed by atoms with Crippen molar-refractivity contribution in [1.29, 1.82) is 0 Å². The van der Waals surface area contributed by atoms with Crippen LogP contribution in [0, 0.1) is 17.7 Å². The molecule has 126 valence electrons. The van der Waals surface area contributed by atoms with E-state index in [9.17, 15) is 4.39 Å². The van der Waals surface area contributed by atoms with Crippen molar-refractivity contribution >= 4 is 5.65 Å². The number of fused-ring (bicyclic) bond motifs is 1. The molecule has 4 aromatic rings. The van der Waals surface area contributed by atoms with E-state index >= 15 is 0 Å². The van der Waals surface area contributed by atoms with Gasteiger partial charge in [0.05, 0.1) is 13.3 Å². The van der Waals surface area contributed by atoms with Crippen LogP contribution < -0.4 is 4.74 Å². The maximum Gasteiger partial charge on any atom is 0.221 e. The molecule has 26 heavy (non-hydrogen) atoms. The van der Waals surface area contributed by atoms with Crippen LogP contribution in [0.3, 0.4) is 0 Å². The Balaban J connectivity index is 1.73. The van der Waals surface area contributed by atoms with E-state index in [1.54, 1.807) is 47.4 Å². The van der Waals surface area contributed by atoms with Gasteiger partial charge >= 0.3 is 0 Å². The largest absolute Gasteiger partial charge is 0.481 e. The molecule has 0 spiro atoms. The van der Waals surface area contributed by atoms with Gasteiger partial charge in [-0.05, 0) is 47.9 Å². The molecule has 0 radical (unpaired) electrons. The van der Waals surface area contributed by atoms with Crippen molar-refractivity contribution in [3.63, 3.8) is 0 Å². The number of hydrogen-bond acceptors (Lipinski definition) is 4. The Kier molecular flexibility index (Phi) is 4.04. The number of ether oxygens (including phenoxy) is 1. The summed E-state index contributed by atoms with van der Waals surface area (Å²) >= 11 is 0. The van der Waals surface area contributed by atoms with Gasteiger partial charge in [-0.1, -0.05) is 5.92 Å². The van der Waals surface area contributed by atoms with Gasteiger partial charge in [0, 0.05) is 29.6 Å². The lowest BCUT2D eigenvalue weighted by Crippen LogP contribution is -1.93. The Morgan fingerprint density at radius 1 is 1.08 bits per heavy atom. The van der Waals surface area contributed by atoms with Crippen molar-refractivity contribution in [3.05, 3.63) is 78.1 Å². The first-order valence-electron chi connectivity index (χ1n) is 7.85. The zero-order valence-corrected chi connectivity index (χ0v) is 13.8. The van der Waals surface area contributed by atoms with Crippen LogP contribution in [0.2, 0.25) is 0 Å². The van der Waals surface area contributed by atoms with Crippen LogP contribution in [0.1, 0.15) is 11.3 Å². The van der Waals surface area contributed by atoms with Gasteiger partial charge in [-0.3, -0.25) is 0 Å². The van der Waals surface area contributed by atoms with Crippen molar-refractivity contribution in [2.75, 3.05) is 7.11 Å². The van der Waals surface area contributed by atoms with Gasteiger partial charge in [0.2, 0.25) is 5.88 Å².